The average Bonchev–Trinajstić information content (AvgIpc) is 2.62. The van der Waals surface area contributed by atoms with Crippen LogP contribution in [0.25, 0.3) is 0 Å². The van der Waals surface area contributed by atoms with E-state index in [1.165, 1.54) is 22.5 Å². The number of piperazine rings is 1. The molecule has 1 aliphatic heterocycles. The Morgan fingerprint density at radius 2 is 1.88 bits per heavy atom. The third-order valence-corrected chi connectivity index (χ3v) is 6.12. The van der Waals surface area contributed by atoms with E-state index in [0.29, 0.717) is 26.2 Å². The summed E-state index contributed by atoms with van der Waals surface area (Å²) in [5.41, 5.74) is 0.260. The zero-order valence-electron chi connectivity index (χ0n) is 12.8. The summed E-state index contributed by atoms with van der Waals surface area (Å²) in [7, 11) is -3.62. The van der Waals surface area contributed by atoms with Gasteiger partial charge in [0.15, 0.2) is 0 Å². The van der Waals surface area contributed by atoms with Crippen LogP contribution in [-0.2, 0) is 10.0 Å². The molecule has 2 aromatic rings. The molecule has 0 aliphatic carbocycles. The molecule has 0 saturated carbocycles. The Morgan fingerprint density at radius 1 is 1.12 bits per heavy atom. The van der Waals surface area contributed by atoms with Crippen LogP contribution in [0.5, 0.6) is 0 Å². The van der Waals surface area contributed by atoms with Gasteiger partial charge in [-0.2, -0.15) is 9.57 Å². The van der Waals surface area contributed by atoms with E-state index in [0.717, 1.165) is 5.82 Å². The van der Waals surface area contributed by atoms with Crippen molar-refractivity contribution in [2.75, 3.05) is 31.1 Å². The molecule has 0 unspecified atom stereocenters. The van der Waals surface area contributed by atoms with E-state index in [1.807, 2.05) is 24.3 Å². The van der Waals surface area contributed by atoms with E-state index >= 15 is 0 Å². The first-order chi connectivity index (χ1) is 11.5. The Morgan fingerprint density at radius 3 is 2.46 bits per heavy atom. The maximum Gasteiger partial charge on any atom is 0.243 e. The summed E-state index contributed by atoms with van der Waals surface area (Å²) in [6.07, 6.45) is 1.72. The average molecular weight is 363 g/mol. The summed E-state index contributed by atoms with van der Waals surface area (Å²) in [5.74, 6) is 0.843. The van der Waals surface area contributed by atoms with Gasteiger partial charge >= 0.3 is 0 Å². The van der Waals surface area contributed by atoms with Crippen LogP contribution in [0, 0.1) is 11.3 Å². The molecule has 0 bridgehead atoms. The topological polar surface area (TPSA) is 77.3 Å². The predicted molar refractivity (Wildman–Crippen MR) is 91.4 cm³/mol. The third-order valence-electron chi connectivity index (χ3n) is 3.91. The lowest BCUT2D eigenvalue weighted by Gasteiger charge is -2.34. The number of nitrogens with zero attached hydrogens (tertiary/aromatic N) is 4. The number of benzene rings is 1. The van der Waals surface area contributed by atoms with Gasteiger partial charge in [0, 0.05) is 32.4 Å². The summed E-state index contributed by atoms with van der Waals surface area (Å²) in [6, 6.07) is 11.8. The number of hydrogen-bond donors (Lipinski definition) is 0. The van der Waals surface area contributed by atoms with Crippen molar-refractivity contribution < 1.29 is 8.42 Å². The standard InChI is InChI=1S/C16H15ClN4O2S/c17-15-11-14(5-4-13(15)12-18)24(22,23)21-9-7-20(8-10-21)16-3-1-2-6-19-16/h1-6,11H,7-10H2. The second-order valence-corrected chi connectivity index (χ2v) is 7.68. The van der Waals surface area contributed by atoms with Gasteiger partial charge in [-0.05, 0) is 30.3 Å². The molecule has 8 heteroatoms. The van der Waals surface area contributed by atoms with Crippen molar-refractivity contribution in [2.24, 2.45) is 0 Å². The third kappa shape index (κ3) is 3.22. The van der Waals surface area contributed by atoms with Gasteiger partial charge in [0.2, 0.25) is 10.0 Å². The first-order valence-corrected chi connectivity index (χ1v) is 9.20. The van der Waals surface area contributed by atoms with Crippen molar-refractivity contribution in [3.05, 3.63) is 53.2 Å². The largest absolute Gasteiger partial charge is 0.354 e. The number of sulfonamides is 1. The lowest BCUT2D eigenvalue weighted by Crippen LogP contribution is -2.48. The summed E-state index contributed by atoms with van der Waals surface area (Å²) in [4.78, 5) is 6.45. The lowest BCUT2D eigenvalue weighted by atomic mass is 10.2. The molecule has 3 rings (SSSR count). The predicted octanol–water partition coefficient (Wildman–Crippen LogP) is 2.12. The zero-order valence-corrected chi connectivity index (χ0v) is 14.3. The maximum atomic E-state index is 12.7. The van der Waals surface area contributed by atoms with Crippen molar-refractivity contribution in [1.82, 2.24) is 9.29 Å². The van der Waals surface area contributed by atoms with Crippen LogP contribution in [0.1, 0.15) is 5.56 Å². The number of pyridine rings is 1. The highest BCUT2D eigenvalue weighted by molar-refractivity contribution is 7.89. The fraction of sp³-hybridized carbons (Fsp3) is 0.250. The smallest absolute Gasteiger partial charge is 0.243 e. The number of rotatable bonds is 3. The fourth-order valence-corrected chi connectivity index (χ4v) is 4.33. The lowest BCUT2D eigenvalue weighted by molar-refractivity contribution is 0.384. The zero-order chi connectivity index (χ0) is 17.2. The summed E-state index contributed by atoms with van der Waals surface area (Å²) in [5, 5.41) is 9.04. The van der Waals surface area contributed by atoms with Gasteiger partial charge in [-0.15, -0.1) is 0 Å². The number of hydrogen-bond acceptors (Lipinski definition) is 5. The van der Waals surface area contributed by atoms with Crippen molar-refractivity contribution in [3.8, 4) is 6.07 Å². The van der Waals surface area contributed by atoms with Crippen LogP contribution < -0.4 is 4.90 Å². The first kappa shape index (κ1) is 16.7. The molecule has 1 saturated heterocycles. The van der Waals surface area contributed by atoms with Crippen LogP contribution in [0.2, 0.25) is 5.02 Å². The molecular formula is C16H15ClN4O2S. The quantitative estimate of drug-likeness (QED) is 0.835. The normalized spacial score (nSPS) is 15.9. The van der Waals surface area contributed by atoms with E-state index in [2.05, 4.69) is 9.88 Å². The summed E-state index contributed by atoms with van der Waals surface area (Å²) >= 11 is 5.96. The Bertz CT molecular complexity index is 873. The highest BCUT2D eigenvalue weighted by Crippen LogP contribution is 2.24. The molecule has 1 fully saturated rings. The van der Waals surface area contributed by atoms with E-state index in [4.69, 9.17) is 16.9 Å². The highest BCUT2D eigenvalue weighted by atomic mass is 35.5. The molecule has 1 aromatic heterocycles. The monoisotopic (exact) mass is 362 g/mol. The van der Waals surface area contributed by atoms with Crippen molar-refractivity contribution >= 4 is 27.4 Å². The van der Waals surface area contributed by atoms with E-state index < -0.39 is 10.0 Å². The minimum absolute atomic E-state index is 0.109. The molecule has 0 radical (unpaired) electrons. The number of nitriles is 1. The van der Waals surface area contributed by atoms with Crippen molar-refractivity contribution in [2.45, 2.75) is 4.90 Å². The Kier molecular flexibility index (Phi) is 4.71. The van der Waals surface area contributed by atoms with Crippen molar-refractivity contribution in [1.29, 1.82) is 5.26 Å². The second-order valence-electron chi connectivity index (χ2n) is 5.33. The number of anilines is 1. The van der Waals surface area contributed by atoms with Crippen LogP contribution in [-0.4, -0.2) is 43.9 Å². The first-order valence-electron chi connectivity index (χ1n) is 7.38. The SMILES string of the molecule is N#Cc1ccc(S(=O)(=O)N2CCN(c3ccccn3)CC2)cc1Cl. The number of aromatic nitrogens is 1. The van der Waals surface area contributed by atoms with Gasteiger partial charge in [0.1, 0.15) is 11.9 Å². The highest BCUT2D eigenvalue weighted by Gasteiger charge is 2.29. The molecular weight excluding hydrogens is 348 g/mol. The van der Waals surface area contributed by atoms with Gasteiger partial charge in [0.25, 0.3) is 0 Å². The Hall–Kier alpha value is -2.14. The number of halogens is 1. The van der Waals surface area contributed by atoms with Gasteiger partial charge < -0.3 is 4.90 Å². The van der Waals surface area contributed by atoms with Crippen LogP contribution in [0.3, 0.4) is 0 Å². The molecule has 1 aliphatic rings. The van der Waals surface area contributed by atoms with E-state index in [-0.39, 0.29) is 15.5 Å². The maximum absolute atomic E-state index is 12.7. The second kappa shape index (κ2) is 6.77. The van der Waals surface area contributed by atoms with Gasteiger partial charge in [0.05, 0.1) is 15.5 Å². The Balaban J connectivity index is 1.76. The van der Waals surface area contributed by atoms with Crippen LogP contribution >= 0.6 is 11.6 Å². The minimum Gasteiger partial charge on any atom is -0.354 e. The molecule has 2 heterocycles. The molecule has 1 aromatic carbocycles. The molecule has 0 spiro atoms. The Labute approximate surface area is 146 Å². The molecule has 0 N–H and O–H groups in total. The molecule has 24 heavy (non-hydrogen) atoms. The molecule has 0 atom stereocenters. The summed E-state index contributed by atoms with van der Waals surface area (Å²) in [6.45, 7) is 1.88. The molecule has 6 nitrogen and oxygen atoms in total. The molecule has 124 valence electrons. The van der Waals surface area contributed by atoms with Crippen molar-refractivity contribution in [3.63, 3.8) is 0 Å². The van der Waals surface area contributed by atoms with Gasteiger partial charge in [-0.1, -0.05) is 17.7 Å². The van der Waals surface area contributed by atoms with Crippen LogP contribution in [0.4, 0.5) is 5.82 Å². The van der Waals surface area contributed by atoms with Gasteiger partial charge in [-0.3, -0.25) is 0 Å². The van der Waals surface area contributed by atoms with Crippen LogP contribution in [0.15, 0.2) is 47.5 Å². The minimum atomic E-state index is -3.62. The summed E-state index contributed by atoms with van der Waals surface area (Å²) < 4.78 is 26.9. The molecule has 0 amide bonds. The van der Waals surface area contributed by atoms with Gasteiger partial charge in [-0.25, -0.2) is 13.4 Å². The van der Waals surface area contributed by atoms with E-state index in [9.17, 15) is 8.42 Å². The van der Waals surface area contributed by atoms with E-state index in [1.54, 1.807) is 6.20 Å². The fourth-order valence-electron chi connectivity index (χ4n) is 2.59.